The zero-order chi connectivity index (χ0) is 24.5. The molecule has 174 valence electrons. The molecule has 0 atom stereocenters. The molecule has 9 heteroatoms. The number of fused-ring (bicyclic) bond motifs is 1. The lowest BCUT2D eigenvalue weighted by molar-refractivity contribution is -0.384. The molecule has 3 amide bonds. The molecule has 0 bridgehead atoms. The molecular weight excluding hydrogens is 451 g/mol. The Morgan fingerprint density at radius 2 is 1.66 bits per heavy atom. The van der Waals surface area contributed by atoms with E-state index >= 15 is 0 Å². The van der Waals surface area contributed by atoms with Crippen LogP contribution in [0, 0.1) is 15.9 Å². The summed E-state index contributed by atoms with van der Waals surface area (Å²) in [6.07, 6.45) is 3.47. The van der Waals surface area contributed by atoms with Crippen LogP contribution in [-0.4, -0.2) is 26.3 Å². The van der Waals surface area contributed by atoms with Crippen LogP contribution in [0.3, 0.4) is 0 Å². The first-order chi connectivity index (χ1) is 16.9. The molecule has 35 heavy (non-hydrogen) atoms. The fraction of sp³-hybridized carbons (Fsp3) is 0.0769. The van der Waals surface area contributed by atoms with Gasteiger partial charge in [0.2, 0.25) is 0 Å². The number of rotatable bonds is 6. The highest BCUT2D eigenvalue weighted by Gasteiger charge is 2.34. The monoisotopic (exact) mass is 470 g/mol. The summed E-state index contributed by atoms with van der Waals surface area (Å²) in [6, 6.07) is 19.3. The third-order valence-corrected chi connectivity index (χ3v) is 5.87. The van der Waals surface area contributed by atoms with Crippen molar-refractivity contribution in [1.82, 2.24) is 14.8 Å². The minimum absolute atomic E-state index is 0.0203. The number of halogens is 1. The standard InChI is InChI=1S/C26H19FN4O4/c27-22-7-3-1-5-18(22)16-30-25(32)23(28-26(30)33)13-19-15-29(24-8-4-2-6-21(19)24)14-17-9-11-20(12-10-17)31(34)35/h1-13,15H,14,16H2,(H,28,33)/b23-13-. The van der Waals surface area contributed by atoms with Crippen LogP contribution in [0.25, 0.3) is 17.0 Å². The smallest absolute Gasteiger partial charge is 0.329 e. The first kappa shape index (κ1) is 22.0. The van der Waals surface area contributed by atoms with Crippen molar-refractivity contribution in [3.8, 4) is 0 Å². The summed E-state index contributed by atoms with van der Waals surface area (Å²) in [5.41, 5.74) is 2.86. The van der Waals surface area contributed by atoms with E-state index in [2.05, 4.69) is 5.32 Å². The Balaban J connectivity index is 1.44. The van der Waals surface area contributed by atoms with E-state index in [4.69, 9.17) is 0 Å². The number of carbonyl (C=O) groups is 2. The van der Waals surface area contributed by atoms with E-state index < -0.39 is 22.7 Å². The summed E-state index contributed by atoms with van der Waals surface area (Å²) >= 11 is 0. The van der Waals surface area contributed by atoms with Crippen LogP contribution in [0.4, 0.5) is 14.9 Å². The van der Waals surface area contributed by atoms with Crippen LogP contribution in [0.1, 0.15) is 16.7 Å². The molecule has 0 unspecified atom stereocenters. The highest BCUT2D eigenvalue weighted by atomic mass is 19.1. The van der Waals surface area contributed by atoms with Gasteiger partial charge in [0.15, 0.2) is 0 Å². The Labute approximate surface area is 199 Å². The number of nitro benzene ring substituents is 1. The van der Waals surface area contributed by atoms with Gasteiger partial charge in [-0.25, -0.2) is 9.18 Å². The molecule has 1 aliphatic heterocycles. The van der Waals surface area contributed by atoms with Crippen LogP contribution in [0.2, 0.25) is 0 Å². The molecule has 0 aliphatic carbocycles. The number of nitro groups is 1. The minimum Gasteiger partial charge on any atom is -0.342 e. The zero-order valence-electron chi connectivity index (χ0n) is 18.3. The molecule has 1 aromatic heterocycles. The number of aromatic nitrogens is 1. The molecule has 8 nitrogen and oxygen atoms in total. The molecule has 0 radical (unpaired) electrons. The molecule has 1 aliphatic rings. The van der Waals surface area contributed by atoms with Crippen LogP contribution < -0.4 is 5.32 Å². The molecule has 4 aromatic rings. The van der Waals surface area contributed by atoms with Crippen molar-refractivity contribution in [2.24, 2.45) is 0 Å². The quantitative estimate of drug-likeness (QED) is 0.189. The number of urea groups is 1. The van der Waals surface area contributed by atoms with E-state index in [-0.39, 0.29) is 23.5 Å². The van der Waals surface area contributed by atoms with Crippen molar-refractivity contribution in [2.75, 3.05) is 0 Å². The van der Waals surface area contributed by atoms with Gasteiger partial charge in [-0.05, 0) is 23.8 Å². The number of hydrogen-bond donors (Lipinski definition) is 1. The van der Waals surface area contributed by atoms with Crippen molar-refractivity contribution in [3.05, 3.63) is 117 Å². The summed E-state index contributed by atoms with van der Waals surface area (Å²) in [5, 5.41) is 14.4. The number of nitrogens with zero attached hydrogens (tertiary/aromatic N) is 3. The van der Waals surface area contributed by atoms with Gasteiger partial charge in [-0.2, -0.15) is 0 Å². The highest BCUT2D eigenvalue weighted by Crippen LogP contribution is 2.26. The van der Waals surface area contributed by atoms with E-state index in [9.17, 15) is 24.1 Å². The van der Waals surface area contributed by atoms with Gasteiger partial charge in [-0.1, -0.05) is 48.5 Å². The summed E-state index contributed by atoms with van der Waals surface area (Å²) in [5.74, 6) is -1.02. The van der Waals surface area contributed by atoms with Crippen LogP contribution in [-0.2, 0) is 17.9 Å². The highest BCUT2D eigenvalue weighted by molar-refractivity contribution is 6.14. The van der Waals surface area contributed by atoms with Gasteiger partial charge in [0, 0.05) is 46.9 Å². The van der Waals surface area contributed by atoms with Gasteiger partial charge in [0.1, 0.15) is 11.5 Å². The topological polar surface area (TPSA) is 97.5 Å². The fourth-order valence-electron chi connectivity index (χ4n) is 4.11. The molecule has 0 spiro atoms. The second kappa shape index (κ2) is 8.86. The third kappa shape index (κ3) is 4.26. The summed E-state index contributed by atoms with van der Waals surface area (Å²) in [7, 11) is 0. The van der Waals surface area contributed by atoms with Crippen molar-refractivity contribution in [2.45, 2.75) is 13.1 Å². The maximum Gasteiger partial charge on any atom is 0.329 e. The van der Waals surface area contributed by atoms with E-state index in [1.54, 1.807) is 30.3 Å². The first-order valence-electron chi connectivity index (χ1n) is 10.8. The van der Waals surface area contributed by atoms with E-state index in [1.807, 2.05) is 35.0 Å². The summed E-state index contributed by atoms with van der Waals surface area (Å²) in [4.78, 5) is 36.9. The normalized spacial score (nSPS) is 14.7. The lowest BCUT2D eigenvalue weighted by Crippen LogP contribution is -2.30. The number of non-ortho nitro benzene ring substituents is 1. The number of amides is 3. The maximum absolute atomic E-state index is 14.0. The Morgan fingerprint density at radius 3 is 2.40 bits per heavy atom. The lowest BCUT2D eigenvalue weighted by atomic mass is 10.1. The van der Waals surface area contributed by atoms with Gasteiger partial charge in [0.05, 0.1) is 11.5 Å². The molecule has 3 aromatic carbocycles. The third-order valence-electron chi connectivity index (χ3n) is 5.87. The number of para-hydroxylation sites is 1. The second-order valence-electron chi connectivity index (χ2n) is 8.12. The molecule has 2 heterocycles. The summed E-state index contributed by atoms with van der Waals surface area (Å²) < 4.78 is 16.0. The molecular formula is C26H19FN4O4. The zero-order valence-corrected chi connectivity index (χ0v) is 18.3. The van der Waals surface area contributed by atoms with Gasteiger partial charge < -0.3 is 9.88 Å². The second-order valence-corrected chi connectivity index (χ2v) is 8.12. The van der Waals surface area contributed by atoms with Gasteiger partial charge in [0.25, 0.3) is 11.6 Å². The number of carbonyl (C=O) groups excluding carboxylic acids is 2. The van der Waals surface area contributed by atoms with Gasteiger partial charge in [-0.15, -0.1) is 0 Å². The number of imide groups is 1. The molecule has 5 rings (SSSR count). The van der Waals surface area contributed by atoms with Crippen molar-refractivity contribution in [1.29, 1.82) is 0 Å². The Hall–Kier alpha value is -4.79. The maximum atomic E-state index is 14.0. The van der Waals surface area contributed by atoms with Crippen LogP contribution >= 0.6 is 0 Å². The largest absolute Gasteiger partial charge is 0.342 e. The Bertz CT molecular complexity index is 1510. The molecule has 0 saturated carbocycles. The Kier molecular flexibility index (Phi) is 5.58. The average molecular weight is 470 g/mol. The molecule has 1 N–H and O–H groups in total. The fourth-order valence-corrected chi connectivity index (χ4v) is 4.11. The van der Waals surface area contributed by atoms with Gasteiger partial charge >= 0.3 is 6.03 Å². The van der Waals surface area contributed by atoms with E-state index in [1.165, 1.54) is 24.3 Å². The average Bonchev–Trinajstić information content (AvgIpc) is 3.32. The van der Waals surface area contributed by atoms with E-state index in [0.717, 1.165) is 26.9 Å². The predicted molar refractivity (Wildman–Crippen MR) is 128 cm³/mol. The number of nitrogens with one attached hydrogen (secondary N) is 1. The van der Waals surface area contributed by atoms with Crippen LogP contribution in [0.15, 0.2) is 84.7 Å². The molecule has 1 fully saturated rings. The Morgan fingerprint density at radius 1 is 0.943 bits per heavy atom. The van der Waals surface area contributed by atoms with Crippen molar-refractivity contribution in [3.63, 3.8) is 0 Å². The van der Waals surface area contributed by atoms with Crippen molar-refractivity contribution >= 4 is 34.6 Å². The first-order valence-corrected chi connectivity index (χ1v) is 10.8. The summed E-state index contributed by atoms with van der Waals surface area (Å²) in [6.45, 7) is 0.290. The molecule has 1 saturated heterocycles. The van der Waals surface area contributed by atoms with Crippen molar-refractivity contribution < 1.29 is 18.9 Å². The lowest BCUT2D eigenvalue weighted by Gasteiger charge is -2.12. The SMILES string of the molecule is O=C1N/C(=C\c2cn(Cc3ccc([N+](=O)[O-])cc3)c3ccccc23)C(=O)N1Cc1ccccc1F. The predicted octanol–water partition coefficient (Wildman–Crippen LogP) is 4.83. The van der Waals surface area contributed by atoms with E-state index in [0.29, 0.717) is 6.54 Å². The van der Waals surface area contributed by atoms with Crippen LogP contribution in [0.5, 0.6) is 0 Å². The number of hydrogen-bond acceptors (Lipinski definition) is 4. The minimum atomic E-state index is -0.612. The number of benzene rings is 3. The van der Waals surface area contributed by atoms with Gasteiger partial charge in [-0.3, -0.25) is 19.8 Å².